The van der Waals surface area contributed by atoms with Crippen LogP contribution < -0.4 is 4.90 Å². The van der Waals surface area contributed by atoms with E-state index in [2.05, 4.69) is 4.90 Å². The van der Waals surface area contributed by atoms with Gasteiger partial charge in [0.1, 0.15) is 0 Å². The van der Waals surface area contributed by atoms with E-state index < -0.39 is 6.57 Å². The van der Waals surface area contributed by atoms with Gasteiger partial charge >= 0.3 is 0 Å². The van der Waals surface area contributed by atoms with E-state index in [0.717, 1.165) is 23.0 Å². The minimum Gasteiger partial charge on any atom is -0.374 e. The molecule has 0 radical (unpaired) electrons. The van der Waals surface area contributed by atoms with E-state index in [1.807, 2.05) is 38.2 Å². The number of benzene rings is 1. The highest BCUT2D eigenvalue weighted by atomic mass is 35.5. The van der Waals surface area contributed by atoms with E-state index in [0.29, 0.717) is 6.61 Å². The smallest absolute Gasteiger partial charge is 0.254 e. The van der Waals surface area contributed by atoms with Gasteiger partial charge in [0.2, 0.25) is 0 Å². The number of halogens is 1. The van der Waals surface area contributed by atoms with Crippen LogP contribution in [0.3, 0.4) is 0 Å². The molecule has 0 bridgehead atoms. The van der Waals surface area contributed by atoms with Gasteiger partial charge in [-0.05, 0) is 25.1 Å². The predicted octanol–water partition coefficient (Wildman–Crippen LogP) is 4.37. The van der Waals surface area contributed by atoms with Crippen LogP contribution in [0.25, 0.3) is 0 Å². The molecule has 0 aliphatic rings. The summed E-state index contributed by atoms with van der Waals surface area (Å²) in [7, 11) is 1.99. The van der Waals surface area contributed by atoms with E-state index in [4.69, 9.17) is 16.1 Å². The van der Waals surface area contributed by atoms with Crippen molar-refractivity contribution in [3.8, 4) is 0 Å². The molecule has 0 aromatic heterocycles. The van der Waals surface area contributed by atoms with E-state index >= 15 is 0 Å². The molecule has 1 unspecified atom stereocenters. The van der Waals surface area contributed by atoms with Crippen LogP contribution in [0.2, 0.25) is 5.02 Å². The molecular weight excluding hydrogens is 289 g/mol. The Hall–Kier alpha value is -0.150. The number of rotatable bonds is 7. The number of hydrogen-bond donors (Lipinski definition) is 0. The summed E-state index contributed by atoms with van der Waals surface area (Å²) in [6.45, 7) is 2.33. The molecule has 0 saturated heterocycles. The summed E-state index contributed by atoms with van der Waals surface area (Å²) in [5.74, 6) is 0.761. The molecule has 0 aliphatic heterocycles. The average molecular weight is 308 g/mol. The normalized spacial score (nSPS) is 14.2. The van der Waals surface area contributed by atoms with Crippen LogP contribution in [0.5, 0.6) is 0 Å². The van der Waals surface area contributed by atoms with Crippen LogP contribution in [-0.4, -0.2) is 32.6 Å². The number of hydrogen-bond acceptors (Lipinski definition) is 4. The molecule has 0 N–H and O–H groups in total. The molecule has 6 heteroatoms. The van der Waals surface area contributed by atoms with Crippen LogP contribution in [0.4, 0.5) is 5.69 Å². The van der Waals surface area contributed by atoms with Gasteiger partial charge in [0.25, 0.3) is 6.57 Å². The Bertz CT molecular complexity index is 430. The fraction of sp³-hybridized carbons (Fsp3) is 0.500. The van der Waals surface area contributed by atoms with Crippen LogP contribution in [-0.2, 0) is 9.09 Å². The van der Waals surface area contributed by atoms with E-state index in [-0.39, 0.29) is 0 Å². The maximum atomic E-state index is 11.9. The molecule has 3 nitrogen and oxygen atoms in total. The SMILES string of the molecule is CCOP(C)(=O)SCCN(C)c1cccc(Cl)c1. The van der Waals surface area contributed by atoms with Gasteiger partial charge in [-0.25, -0.2) is 0 Å². The first kappa shape index (κ1) is 15.9. The van der Waals surface area contributed by atoms with Crippen molar-refractivity contribution >= 4 is 35.2 Å². The van der Waals surface area contributed by atoms with Crippen molar-refractivity contribution in [1.82, 2.24) is 0 Å². The van der Waals surface area contributed by atoms with Crippen molar-refractivity contribution in [2.45, 2.75) is 6.92 Å². The summed E-state index contributed by atoms with van der Waals surface area (Å²) in [5.41, 5.74) is 1.06. The second-order valence-electron chi connectivity index (χ2n) is 3.92. The fourth-order valence-corrected chi connectivity index (χ4v) is 4.65. The molecule has 0 heterocycles. The first-order valence-corrected chi connectivity index (χ1v) is 9.82. The summed E-state index contributed by atoms with van der Waals surface area (Å²) in [4.78, 5) is 2.09. The van der Waals surface area contributed by atoms with Crippen molar-refractivity contribution in [2.75, 3.05) is 37.5 Å². The molecule has 0 fully saturated rings. The summed E-state index contributed by atoms with van der Waals surface area (Å²) in [5, 5.41) is 0.725. The molecule has 102 valence electrons. The number of nitrogens with zero attached hydrogens (tertiary/aromatic N) is 1. The molecule has 1 aromatic carbocycles. The van der Waals surface area contributed by atoms with Crippen LogP contribution in [0, 0.1) is 0 Å². The molecule has 0 aliphatic carbocycles. The highest BCUT2D eigenvalue weighted by molar-refractivity contribution is 8.56. The van der Waals surface area contributed by atoms with Crippen molar-refractivity contribution in [3.63, 3.8) is 0 Å². The maximum absolute atomic E-state index is 11.9. The Morgan fingerprint density at radius 2 is 2.22 bits per heavy atom. The topological polar surface area (TPSA) is 29.5 Å². The van der Waals surface area contributed by atoms with Gasteiger partial charge in [-0.3, -0.25) is 4.57 Å². The zero-order valence-electron chi connectivity index (χ0n) is 10.9. The monoisotopic (exact) mass is 307 g/mol. The lowest BCUT2D eigenvalue weighted by Gasteiger charge is -2.20. The van der Waals surface area contributed by atoms with Crippen LogP contribution >= 0.6 is 29.6 Å². The lowest BCUT2D eigenvalue weighted by atomic mass is 10.3. The van der Waals surface area contributed by atoms with E-state index in [1.165, 1.54) is 11.4 Å². The van der Waals surface area contributed by atoms with Gasteiger partial charge in [-0.2, -0.15) is 0 Å². The molecule has 1 aromatic rings. The summed E-state index contributed by atoms with van der Waals surface area (Å²) < 4.78 is 17.1. The van der Waals surface area contributed by atoms with Crippen molar-refractivity contribution in [2.24, 2.45) is 0 Å². The quantitative estimate of drug-likeness (QED) is 0.700. The zero-order valence-corrected chi connectivity index (χ0v) is 13.4. The zero-order chi connectivity index (χ0) is 13.6. The Morgan fingerprint density at radius 1 is 1.50 bits per heavy atom. The highest BCUT2D eigenvalue weighted by Gasteiger charge is 2.15. The summed E-state index contributed by atoms with van der Waals surface area (Å²) >= 11 is 7.33. The van der Waals surface area contributed by atoms with Gasteiger partial charge in [-0.1, -0.05) is 29.0 Å². The second-order valence-corrected chi connectivity index (χ2v) is 9.59. The predicted molar refractivity (Wildman–Crippen MR) is 82.3 cm³/mol. The van der Waals surface area contributed by atoms with Crippen LogP contribution in [0.1, 0.15) is 6.92 Å². The van der Waals surface area contributed by atoms with Gasteiger partial charge in [-0.15, -0.1) is 0 Å². The first-order valence-electron chi connectivity index (χ1n) is 5.78. The molecule has 18 heavy (non-hydrogen) atoms. The van der Waals surface area contributed by atoms with Gasteiger partial charge in [0.05, 0.1) is 6.61 Å². The third-order valence-corrected chi connectivity index (χ3v) is 6.43. The second kappa shape index (κ2) is 7.44. The standard InChI is InChI=1S/C12H19ClNO2PS/c1-4-16-17(3,15)18-9-8-14(2)12-7-5-6-11(13)10-12/h5-7,10H,4,8-9H2,1-3H3. The molecule has 0 amide bonds. The lowest BCUT2D eigenvalue weighted by molar-refractivity contribution is 0.350. The molecule has 1 atom stereocenters. The highest BCUT2D eigenvalue weighted by Crippen LogP contribution is 2.55. The van der Waals surface area contributed by atoms with E-state index in [9.17, 15) is 4.57 Å². The largest absolute Gasteiger partial charge is 0.374 e. The average Bonchev–Trinajstić information content (AvgIpc) is 2.28. The van der Waals surface area contributed by atoms with Crippen molar-refractivity contribution in [3.05, 3.63) is 29.3 Å². The third kappa shape index (κ3) is 5.66. The van der Waals surface area contributed by atoms with Crippen LogP contribution in [0.15, 0.2) is 24.3 Å². The minimum atomic E-state index is -2.49. The van der Waals surface area contributed by atoms with Gasteiger partial charge in [0.15, 0.2) is 0 Å². The first-order chi connectivity index (χ1) is 8.44. The Morgan fingerprint density at radius 3 is 2.83 bits per heavy atom. The number of anilines is 1. The van der Waals surface area contributed by atoms with Gasteiger partial charge in [0, 0.05) is 36.7 Å². The minimum absolute atomic E-state index is 0.491. The Kier molecular flexibility index (Phi) is 6.58. The maximum Gasteiger partial charge on any atom is 0.254 e. The third-order valence-electron chi connectivity index (χ3n) is 2.37. The molecular formula is C12H19ClNO2PS. The Balaban J connectivity index is 2.42. The summed E-state index contributed by atoms with van der Waals surface area (Å²) in [6.07, 6.45) is 0. The lowest BCUT2D eigenvalue weighted by Crippen LogP contribution is -2.20. The summed E-state index contributed by atoms with van der Waals surface area (Å²) in [6, 6.07) is 7.69. The Labute approximate surface area is 118 Å². The van der Waals surface area contributed by atoms with Crippen molar-refractivity contribution in [1.29, 1.82) is 0 Å². The van der Waals surface area contributed by atoms with E-state index in [1.54, 1.807) is 6.66 Å². The molecule has 1 rings (SSSR count). The molecule has 0 spiro atoms. The van der Waals surface area contributed by atoms with Gasteiger partial charge < -0.3 is 9.42 Å². The van der Waals surface area contributed by atoms with Crippen molar-refractivity contribution < 1.29 is 9.09 Å². The molecule has 0 saturated carbocycles. The fourth-order valence-electron chi connectivity index (χ4n) is 1.46.